The van der Waals surface area contributed by atoms with E-state index in [1.165, 1.54) is 0 Å². The van der Waals surface area contributed by atoms with E-state index in [4.69, 9.17) is 4.74 Å². The van der Waals surface area contributed by atoms with Crippen molar-refractivity contribution >= 4 is 11.8 Å². The van der Waals surface area contributed by atoms with Crippen LogP contribution in [-0.4, -0.2) is 89.5 Å². The number of imidazole rings is 1. The van der Waals surface area contributed by atoms with Crippen LogP contribution in [-0.2, 0) is 20.9 Å². The van der Waals surface area contributed by atoms with Crippen molar-refractivity contribution in [2.24, 2.45) is 5.92 Å². The molecule has 1 atom stereocenters. The third-order valence-electron chi connectivity index (χ3n) is 5.16. The topological polar surface area (TPSA) is 81.8 Å². The van der Waals surface area contributed by atoms with Crippen molar-refractivity contribution in [3.63, 3.8) is 0 Å². The van der Waals surface area contributed by atoms with Gasteiger partial charge in [0.15, 0.2) is 0 Å². The zero-order valence-corrected chi connectivity index (χ0v) is 15.7. The number of nitrogens with zero attached hydrogens (tertiary/aromatic N) is 4. The summed E-state index contributed by atoms with van der Waals surface area (Å²) in [6.45, 7) is 7.79. The molecule has 2 amide bonds. The lowest BCUT2D eigenvalue weighted by Gasteiger charge is -2.35. The number of carbonyl (C=O) groups is 2. The van der Waals surface area contributed by atoms with Crippen LogP contribution < -0.4 is 0 Å². The number of hydrogen-bond donors (Lipinski definition) is 1. The molecule has 0 aliphatic carbocycles. The highest BCUT2D eigenvalue weighted by molar-refractivity contribution is 5.83. The Balaban J connectivity index is 1.50. The minimum absolute atomic E-state index is 0.0860. The van der Waals surface area contributed by atoms with Crippen LogP contribution in [0, 0.1) is 12.8 Å². The van der Waals surface area contributed by atoms with Crippen molar-refractivity contribution in [3.05, 3.63) is 17.7 Å². The van der Waals surface area contributed by atoms with Gasteiger partial charge in [-0.3, -0.25) is 14.5 Å². The van der Waals surface area contributed by atoms with Crippen LogP contribution in [0.1, 0.15) is 24.4 Å². The van der Waals surface area contributed by atoms with E-state index in [0.29, 0.717) is 32.5 Å². The maximum absolute atomic E-state index is 12.8. The van der Waals surface area contributed by atoms with Gasteiger partial charge in [0.1, 0.15) is 5.82 Å². The van der Waals surface area contributed by atoms with Crippen LogP contribution in [0.5, 0.6) is 0 Å². The Morgan fingerprint density at radius 2 is 2.15 bits per heavy atom. The number of amides is 2. The quantitative estimate of drug-likeness (QED) is 0.783. The molecule has 3 rings (SSSR count). The minimum Gasteiger partial charge on any atom is -0.379 e. The van der Waals surface area contributed by atoms with E-state index in [1.54, 1.807) is 18.1 Å². The third kappa shape index (κ3) is 4.82. The highest BCUT2D eigenvalue weighted by Crippen LogP contribution is 2.20. The van der Waals surface area contributed by atoms with Crippen LogP contribution >= 0.6 is 0 Å². The number of aryl methyl sites for hydroxylation is 1. The molecule has 2 fully saturated rings. The van der Waals surface area contributed by atoms with E-state index >= 15 is 0 Å². The number of aromatic amines is 1. The number of ether oxygens (including phenoxy) is 1. The molecule has 1 aromatic rings. The summed E-state index contributed by atoms with van der Waals surface area (Å²) in [5, 5.41) is 0. The van der Waals surface area contributed by atoms with Gasteiger partial charge in [-0.1, -0.05) is 0 Å². The molecule has 0 unspecified atom stereocenters. The van der Waals surface area contributed by atoms with Gasteiger partial charge in [-0.15, -0.1) is 0 Å². The zero-order chi connectivity index (χ0) is 18.5. The average molecular weight is 363 g/mol. The molecular weight excluding hydrogens is 334 g/mol. The van der Waals surface area contributed by atoms with E-state index in [0.717, 1.165) is 44.4 Å². The second-order valence-corrected chi connectivity index (χ2v) is 7.24. The Labute approximate surface area is 154 Å². The second kappa shape index (κ2) is 8.64. The molecule has 0 saturated carbocycles. The van der Waals surface area contributed by atoms with Crippen molar-refractivity contribution < 1.29 is 14.3 Å². The zero-order valence-electron chi connectivity index (χ0n) is 15.7. The van der Waals surface area contributed by atoms with Crippen molar-refractivity contribution in [2.45, 2.75) is 26.3 Å². The Bertz CT molecular complexity index is 626. The summed E-state index contributed by atoms with van der Waals surface area (Å²) in [6.07, 6.45) is 2.85. The van der Waals surface area contributed by atoms with Crippen molar-refractivity contribution in [1.29, 1.82) is 0 Å². The standard InChI is InChI=1S/C18H29N5O3/c1-14-11-19-16(20-14)13-21(2)18(25)15-3-4-17(24)23(12-15)6-5-22-7-9-26-10-8-22/h11,15H,3-10,12-13H2,1-2H3,(H,19,20)/t15-/m1/s1. The molecule has 2 aliphatic heterocycles. The molecule has 2 aliphatic rings. The van der Waals surface area contributed by atoms with Crippen LogP contribution in [0.4, 0.5) is 0 Å². The van der Waals surface area contributed by atoms with Gasteiger partial charge < -0.3 is 19.5 Å². The molecule has 8 heteroatoms. The fraction of sp³-hybridized carbons (Fsp3) is 0.722. The number of morpholine rings is 1. The highest BCUT2D eigenvalue weighted by atomic mass is 16.5. The monoisotopic (exact) mass is 363 g/mol. The normalized spacial score (nSPS) is 21.8. The Kier molecular flexibility index (Phi) is 6.26. The molecule has 0 radical (unpaired) electrons. The molecule has 1 N–H and O–H groups in total. The summed E-state index contributed by atoms with van der Waals surface area (Å²) < 4.78 is 5.36. The highest BCUT2D eigenvalue weighted by Gasteiger charge is 2.32. The van der Waals surface area contributed by atoms with Crippen molar-refractivity contribution in [1.82, 2.24) is 24.7 Å². The molecule has 3 heterocycles. The van der Waals surface area contributed by atoms with Gasteiger partial charge in [0, 0.05) is 58.1 Å². The van der Waals surface area contributed by atoms with Gasteiger partial charge in [-0.25, -0.2) is 4.98 Å². The van der Waals surface area contributed by atoms with E-state index in [2.05, 4.69) is 14.9 Å². The SMILES string of the molecule is Cc1cnc(CN(C)C(=O)[C@@H]2CCC(=O)N(CCN3CCOCC3)C2)[nH]1. The van der Waals surface area contributed by atoms with Crippen LogP contribution in [0.3, 0.4) is 0 Å². The van der Waals surface area contributed by atoms with Gasteiger partial charge in [0.2, 0.25) is 11.8 Å². The molecule has 0 aromatic carbocycles. The van der Waals surface area contributed by atoms with Crippen molar-refractivity contribution in [3.8, 4) is 0 Å². The molecule has 1 aromatic heterocycles. The summed E-state index contributed by atoms with van der Waals surface area (Å²) in [5.41, 5.74) is 0.985. The lowest BCUT2D eigenvalue weighted by Crippen LogP contribution is -2.49. The summed E-state index contributed by atoms with van der Waals surface area (Å²) in [7, 11) is 1.80. The lowest BCUT2D eigenvalue weighted by atomic mass is 9.96. The van der Waals surface area contributed by atoms with Gasteiger partial charge in [-0.05, 0) is 13.3 Å². The number of nitrogens with one attached hydrogen (secondary N) is 1. The Morgan fingerprint density at radius 3 is 2.85 bits per heavy atom. The number of H-pyrrole nitrogens is 1. The molecule has 0 bridgehead atoms. The van der Waals surface area contributed by atoms with Crippen LogP contribution in [0.2, 0.25) is 0 Å². The average Bonchev–Trinajstić information content (AvgIpc) is 3.06. The number of piperidine rings is 1. The van der Waals surface area contributed by atoms with Crippen LogP contribution in [0.15, 0.2) is 6.20 Å². The summed E-state index contributed by atoms with van der Waals surface area (Å²) in [5.74, 6) is 0.905. The predicted octanol–water partition coefficient (Wildman–Crippen LogP) is 0.247. The smallest absolute Gasteiger partial charge is 0.227 e. The molecule has 2 saturated heterocycles. The predicted molar refractivity (Wildman–Crippen MR) is 96.4 cm³/mol. The fourth-order valence-corrected chi connectivity index (χ4v) is 3.58. The summed E-state index contributed by atoms with van der Waals surface area (Å²) >= 11 is 0. The van der Waals surface area contributed by atoms with E-state index < -0.39 is 0 Å². The molecule has 0 spiro atoms. The molecule has 8 nitrogen and oxygen atoms in total. The first-order valence-electron chi connectivity index (χ1n) is 9.36. The maximum atomic E-state index is 12.8. The first-order valence-corrected chi connectivity index (χ1v) is 9.36. The van der Waals surface area contributed by atoms with Gasteiger partial charge in [0.25, 0.3) is 0 Å². The maximum Gasteiger partial charge on any atom is 0.227 e. The number of rotatable bonds is 6. The molecular formula is C18H29N5O3. The van der Waals surface area contributed by atoms with Gasteiger partial charge >= 0.3 is 0 Å². The van der Waals surface area contributed by atoms with Crippen LogP contribution in [0.25, 0.3) is 0 Å². The Hall–Kier alpha value is -1.93. The first kappa shape index (κ1) is 18.8. The van der Waals surface area contributed by atoms with Gasteiger partial charge in [-0.2, -0.15) is 0 Å². The third-order valence-corrected chi connectivity index (χ3v) is 5.16. The molecule has 26 heavy (non-hydrogen) atoms. The van der Waals surface area contributed by atoms with E-state index in [-0.39, 0.29) is 17.7 Å². The lowest BCUT2D eigenvalue weighted by molar-refractivity contribution is -0.142. The first-order chi connectivity index (χ1) is 12.5. The van der Waals surface area contributed by atoms with E-state index in [9.17, 15) is 9.59 Å². The Morgan fingerprint density at radius 1 is 1.38 bits per heavy atom. The van der Waals surface area contributed by atoms with E-state index in [1.807, 2.05) is 11.8 Å². The summed E-state index contributed by atoms with van der Waals surface area (Å²) in [4.78, 5) is 38.3. The molecule has 144 valence electrons. The minimum atomic E-state index is -0.126. The number of aromatic nitrogens is 2. The largest absolute Gasteiger partial charge is 0.379 e. The summed E-state index contributed by atoms with van der Waals surface area (Å²) in [6, 6.07) is 0. The van der Waals surface area contributed by atoms with Crippen molar-refractivity contribution in [2.75, 3.05) is 53.0 Å². The number of likely N-dealkylation sites (tertiary alicyclic amines) is 1. The second-order valence-electron chi connectivity index (χ2n) is 7.24. The van der Waals surface area contributed by atoms with Gasteiger partial charge in [0.05, 0.1) is 25.7 Å². The number of hydrogen-bond acceptors (Lipinski definition) is 5. The number of carbonyl (C=O) groups excluding carboxylic acids is 2. The fourth-order valence-electron chi connectivity index (χ4n) is 3.58.